The summed E-state index contributed by atoms with van der Waals surface area (Å²) in [7, 11) is 0. The maximum Gasteiger partial charge on any atom is 0.163 e. The van der Waals surface area contributed by atoms with Gasteiger partial charge in [-0.3, -0.25) is 0 Å². The van der Waals surface area contributed by atoms with Crippen molar-refractivity contribution in [1.29, 1.82) is 0 Å². The maximum absolute atomic E-state index is 4.84. The van der Waals surface area contributed by atoms with Crippen molar-refractivity contribution < 1.29 is 0 Å². The molecule has 3 nitrogen and oxygen atoms in total. The number of hydrogen-bond acceptors (Lipinski definition) is 3. The molecule has 1 heterocycles. The van der Waals surface area contributed by atoms with E-state index in [1.165, 1.54) is 16.7 Å². The van der Waals surface area contributed by atoms with E-state index >= 15 is 0 Å². The molecule has 0 bridgehead atoms. The molecule has 0 N–H and O–H groups in total. The second-order valence-electron chi connectivity index (χ2n) is 7.72. The molecular weight excluding hydrogens is 378 g/mol. The van der Waals surface area contributed by atoms with Gasteiger partial charge in [-0.25, -0.2) is 15.0 Å². The molecule has 0 saturated heterocycles. The minimum atomic E-state index is 0.700. The average Bonchev–Trinajstić information content (AvgIpc) is 2.85. The first-order valence-corrected chi connectivity index (χ1v) is 10.6. The van der Waals surface area contributed by atoms with E-state index in [2.05, 4.69) is 101 Å². The van der Waals surface area contributed by atoms with Crippen LogP contribution in [0, 0.1) is 6.92 Å². The van der Waals surface area contributed by atoms with Crippen LogP contribution in [0.1, 0.15) is 24.2 Å². The van der Waals surface area contributed by atoms with Crippen molar-refractivity contribution >= 4 is 5.57 Å². The van der Waals surface area contributed by atoms with Gasteiger partial charge in [-0.05, 0) is 54.2 Å². The van der Waals surface area contributed by atoms with Crippen molar-refractivity contribution in [2.75, 3.05) is 0 Å². The zero-order valence-corrected chi connectivity index (χ0v) is 17.5. The second-order valence-corrected chi connectivity index (χ2v) is 7.72. The van der Waals surface area contributed by atoms with Gasteiger partial charge in [-0.2, -0.15) is 0 Å². The lowest BCUT2D eigenvalue weighted by Crippen LogP contribution is -2.00. The van der Waals surface area contributed by atoms with Crippen LogP contribution < -0.4 is 0 Å². The van der Waals surface area contributed by atoms with Gasteiger partial charge >= 0.3 is 0 Å². The molecule has 0 unspecified atom stereocenters. The normalized spacial score (nSPS) is 13.1. The van der Waals surface area contributed by atoms with E-state index in [1.807, 2.05) is 13.0 Å². The molecule has 5 rings (SSSR count). The van der Waals surface area contributed by atoms with E-state index in [9.17, 15) is 0 Å². The van der Waals surface area contributed by atoms with Gasteiger partial charge in [0.1, 0.15) is 5.82 Å². The first kappa shape index (κ1) is 19.1. The molecule has 3 heteroatoms. The van der Waals surface area contributed by atoms with Crippen LogP contribution >= 0.6 is 0 Å². The average molecular weight is 402 g/mol. The summed E-state index contributed by atoms with van der Waals surface area (Å²) >= 11 is 0. The summed E-state index contributed by atoms with van der Waals surface area (Å²) in [4.78, 5) is 14.1. The minimum Gasteiger partial charge on any atom is -0.213 e. The molecular formula is C28H23N3. The van der Waals surface area contributed by atoms with Crippen LogP contribution in [0.4, 0.5) is 0 Å². The number of hydrogen-bond donors (Lipinski definition) is 0. The zero-order valence-electron chi connectivity index (χ0n) is 17.5. The Balaban J connectivity index is 1.54. The molecule has 3 aromatic carbocycles. The summed E-state index contributed by atoms with van der Waals surface area (Å²) in [6, 6.07) is 27.2. The lowest BCUT2D eigenvalue weighted by atomic mass is 9.96. The van der Waals surface area contributed by atoms with E-state index in [0.717, 1.165) is 35.4 Å². The van der Waals surface area contributed by atoms with Crippen LogP contribution in [0.5, 0.6) is 0 Å². The molecule has 31 heavy (non-hydrogen) atoms. The largest absolute Gasteiger partial charge is 0.213 e. The van der Waals surface area contributed by atoms with Crippen molar-refractivity contribution in [2.24, 2.45) is 0 Å². The first-order valence-electron chi connectivity index (χ1n) is 10.6. The third-order valence-corrected chi connectivity index (χ3v) is 5.48. The highest BCUT2D eigenvalue weighted by Gasteiger charge is 2.11. The van der Waals surface area contributed by atoms with Crippen LogP contribution in [0.25, 0.3) is 39.5 Å². The van der Waals surface area contributed by atoms with Gasteiger partial charge in [0, 0.05) is 11.1 Å². The van der Waals surface area contributed by atoms with Crippen LogP contribution in [-0.2, 0) is 0 Å². The number of benzene rings is 3. The maximum atomic E-state index is 4.84. The van der Waals surface area contributed by atoms with Crippen LogP contribution in [0.2, 0.25) is 0 Å². The van der Waals surface area contributed by atoms with Crippen LogP contribution in [-0.4, -0.2) is 15.0 Å². The third-order valence-electron chi connectivity index (χ3n) is 5.48. The van der Waals surface area contributed by atoms with E-state index in [4.69, 9.17) is 4.98 Å². The molecule has 0 radical (unpaired) electrons. The molecule has 150 valence electrons. The van der Waals surface area contributed by atoms with E-state index in [0.29, 0.717) is 11.6 Å². The predicted molar refractivity (Wildman–Crippen MR) is 127 cm³/mol. The van der Waals surface area contributed by atoms with Crippen LogP contribution in [0.15, 0.2) is 97.1 Å². The molecule has 0 saturated carbocycles. The molecule has 0 aliphatic heterocycles. The van der Waals surface area contributed by atoms with Gasteiger partial charge in [-0.15, -0.1) is 0 Å². The lowest BCUT2D eigenvalue weighted by Gasteiger charge is -2.11. The molecule has 4 aromatic rings. The highest BCUT2D eigenvalue weighted by molar-refractivity contribution is 5.73. The summed E-state index contributed by atoms with van der Waals surface area (Å²) in [5, 5.41) is 0. The first-order chi connectivity index (χ1) is 15.3. The van der Waals surface area contributed by atoms with E-state index in [1.54, 1.807) is 0 Å². The van der Waals surface area contributed by atoms with Crippen molar-refractivity contribution in [3.05, 3.63) is 108 Å². The fourth-order valence-corrected chi connectivity index (χ4v) is 3.91. The predicted octanol–water partition coefficient (Wildman–Crippen LogP) is 6.91. The number of aryl methyl sites for hydroxylation is 1. The van der Waals surface area contributed by atoms with Gasteiger partial charge in [0.15, 0.2) is 11.6 Å². The standard InChI is InChI=1S/C28H23N3/c1-20-29-27(25-16-8-14-23(18-25)21-10-4-2-5-11-21)31-28(30-20)26-17-9-15-24(19-26)22-12-6-3-7-13-22/h2-6,8-12,14-19H,7,13H2,1H3. The Labute approximate surface area is 182 Å². The van der Waals surface area contributed by atoms with Gasteiger partial charge in [0.05, 0.1) is 0 Å². The Morgan fingerprint density at radius 1 is 0.613 bits per heavy atom. The summed E-state index contributed by atoms with van der Waals surface area (Å²) in [5.41, 5.74) is 6.91. The molecule has 0 amide bonds. The van der Waals surface area contributed by atoms with Crippen molar-refractivity contribution in [3.8, 4) is 33.9 Å². The Morgan fingerprint density at radius 2 is 1.23 bits per heavy atom. The molecule has 1 aromatic heterocycles. The van der Waals surface area contributed by atoms with Gasteiger partial charge in [0.2, 0.25) is 0 Å². The Kier molecular flexibility index (Phi) is 5.24. The molecule has 0 fully saturated rings. The Hall–Kier alpha value is -3.85. The monoisotopic (exact) mass is 401 g/mol. The quantitative estimate of drug-likeness (QED) is 0.373. The Bertz CT molecular complexity index is 1290. The van der Waals surface area contributed by atoms with Crippen molar-refractivity contribution in [2.45, 2.75) is 19.8 Å². The summed E-state index contributed by atoms with van der Waals surface area (Å²) in [6.45, 7) is 1.92. The second kappa shape index (κ2) is 8.49. The van der Waals surface area contributed by atoms with Gasteiger partial charge < -0.3 is 0 Å². The van der Waals surface area contributed by atoms with Gasteiger partial charge in [-0.1, -0.05) is 85.0 Å². The molecule has 1 aliphatic rings. The number of rotatable bonds is 4. The molecule has 1 aliphatic carbocycles. The number of nitrogens with zero attached hydrogens (tertiary/aromatic N) is 3. The summed E-state index contributed by atoms with van der Waals surface area (Å²) in [6.07, 6.45) is 8.69. The highest BCUT2D eigenvalue weighted by atomic mass is 15.0. The topological polar surface area (TPSA) is 38.7 Å². The summed E-state index contributed by atoms with van der Waals surface area (Å²) in [5.74, 6) is 2.13. The van der Waals surface area contributed by atoms with Crippen molar-refractivity contribution in [3.63, 3.8) is 0 Å². The smallest absolute Gasteiger partial charge is 0.163 e. The fraction of sp³-hybridized carbons (Fsp3) is 0.107. The number of aromatic nitrogens is 3. The zero-order chi connectivity index (χ0) is 21.0. The molecule has 0 spiro atoms. The minimum absolute atomic E-state index is 0.700. The van der Waals surface area contributed by atoms with Gasteiger partial charge in [0.25, 0.3) is 0 Å². The van der Waals surface area contributed by atoms with Crippen LogP contribution in [0.3, 0.4) is 0 Å². The number of allylic oxidation sites excluding steroid dienone is 4. The summed E-state index contributed by atoms with van der Waals surface area (Å²) < 4.78 is 0. The lowest BCUT2D eigenvalue weighted by molar-refractivity contribution is 0.991. The highest BCUT2D eigenvalue weighted by Crippen LogP contribution is 2.28. The fourth-order valence-electron chi connectivity index (χ4n) is 3.91. The SMILES string of the molecule is Cc1nc(-c2cccc(C3=CC=CCC3)c2)nc(-c2cccc(-c3ccccc3)c2)n1. The van der Waals surface area contributed by atoms with Crippen molar-refractivity contribution in [1.82, 2.24) is 15.0 Å². The Morgan fingerprint density at radius 3 is 1.90 bits per heavy atom. The third kappa shape index (κ3) is 4.22. The van der Waals surface area contributed by atoms with E-state index in [-0.39, 0.29) is 0 Å². The molecule has 0 atom stereocenters. The van der Waals surface area contributed by atoms with E-state index < -0.39 is 0 Å².